The first-order valence-corrected chi connectivity index (χ1v) is 21.2. The van der Waals surface area contributed by atoms with Gasteiger partial charge in [0.1, 0.15) is 52.7 Å². The van der Waals surface area contributed by atoms with Crippen LogP contribution in [0.15, 0.2) is 94.7 Å². The van der Waals surface area contributed by atoms with Crippen LogP contribution in [0.4, 0.5) is 87.8 Å². The van der Waals surface area contributed by atoms with Gasteiger partial charge in [-0.2, -0.15) is 0 Å². The highest BCUT2D eigenvalue weighted by molar-refractivity contribution is 7.98. The van der Waals surface area contributed by atoms with Crippen LogP contribution in [0.1, 0.15) is 20.7 Å². The summed E-state index contributed by atoms with van der Waals surface area (Å²) in [5.41, 5.74) is -13.0. The highest BCUT2D eigenvalue weighted by atomic mass is 32.2. The lowest BCUT2D eigenvalue weighted by Gasteiger charge is -2.44. The van der Waals surface area contributed by atoms with Gasteiger partial charge in [-0.3, -0.25) is 9.59 Å². The zero-order valence-electron chi connectivity index (χ0n) is 34.3. The number of halogens is 20. The van der Waals surface area contributed by atoms with E-state index >= 15 is 35.1 Å². The molecule has 0 aliphatic heterocycles. The minimum atomic E-state index is -7.22. The number of rotatable bonds is 11. The third kappa shape index (κ3) is 9.24. The van der Waals surface area contributed by atoms with Gasteiger partial charge in [-0.15, -0.1) is 34.5 Å². The Kier molecular flexibility index (Phi) is 15.8. The normalized spacial score (nSPS) is 11.5. The predicted molar refractivity (Wildman–Crippen MR) is 220 cm³/mol. The molecule has 0 unspecified atom stereocenters. The van der Waals surface area contributed by atoms with E-state index in [1.165, 1.54) is 0 Å². The molecule has 0 atom stereocenters. The number of Topliss-reactive ketones (excluding diaryl/α,β-unsaturated/α-hetero) is 2. The van der Waals surface area contributed by atoms with Crippen molar-refractivity contribution >= 4 is 63.1 Å². The Morgan fingerprint density at radius 1 is 0.324 bits per heavy atom. The van der Waals surface area contributed by atoms with Crippen molar-refractivity contribution in [3.05, 3.63) is 212 Å². The number of carbonyl (C=O) groups excluding carboxylic acids is 2. The minimum Gasteiger partial charge on any atom is -0.289 e. The highest BCUT2D eigenvalue weighted by Gasteiger charge is 2.52. The molecule has 71 heavy (non-hydrogen) atoms. The largest absolute Gasteiger partial charge is 0.289 e. The Morgan fingerprint density at radius 2 is 0.535 bits per heavy atom. The molecule has 0 saturated carbocycles. The fourth-order valence-corrected chi connectivity index (χ4v) is 10.1. The lowest BCUT2D eigenvalue weighted by Crippen LogP contribution is -2.81. The maximum Gasteiger partial charge on any atom is 0.212 e. The summed E-state index contributed by atoms with van der Waals surface area (Å²) in [5, 5.41) is 0. The van der Waals surface area contributed by atoms with Crippen molar-refractivity contribution < 1.29 is 97.4 Å². The summed E-state index contributed by atoms with van der Waals surface area (Å²) >= 11 is 4.54. The monoisotopic (exact) mass is 1060 g/mol. The molecular weight excluding hydrogens is 1040 g/mol. The third-order valence-electron chi connectivity index (χ3n) is 10.7. The van der Waals surface area contributed by atoms with E-state index in [0.29, 0.717) is 22.6 Å². The summed E-state index contributed by atoms with van der Waals surface area (Å²) in [5.74, 6) is -70.7. The molecule has 7 aromatic carbocycles. The summed E-state index contributed by atoms with van der Waals surface area (Å²) in [4.78, 5) is 27.2. The van der Waals surface area contributed by atoms with Crippen molar-refractivity contribution in [1.82, 2.24) is 0 Å². The summed E-state index contributed by atoms with van der Waals surface area (Å²) in [6.07, 6.45) is -7.22. The molecule has 0 N–H and O–H groups in total. The van der Waals surface area contributed by atoms with Crippen molar-refractivity contribution in [1.29, 1.82) is 0 Å². The van der Waals surface area contributed by atoms with Gasteiger partial charge in [0.05, 0.1) is 4.90 Å². The molecule has 0 fully saturated rings. The first-order valence-electron chi connectivity index (χ1n) is 19.2. The molecule has 0 aliphatic rings. The summed E-state index contributed by atoms with van der Waals surface area (Å²) in [7, 11) is -0.536. The van der Waals surface area contributed by atoms with E-state index in [1.807, 2.05) is 84.9 Å². The van der Waals surface area contributed by atoms with Gasteiger partial charge in [-0.05, 0) is 12.1 Å². The van der Waals surface area contributed by atoms with E-state index in [9.17, 15) is 62.3 Å². The molecule has 7 rings (SSSR count). The van der Waals surface area contributed by atoms with Crippen LogP contribution in [0.2, 0.25) is 0 Å². The molecule has 0 aromatic heterocycles. The molecule has 0 heterocycles. The van der Waals surface area contributed by atoms with Crippen LogP contribution in [-0.2, 0) is 10.9 Å². The Labute approximate surface area is 393 Å². The summed E-state index contributed by atoms with van der Waals surface area (Å²) in [6, 6.07) is 26.1. The van der Waals surface area contributed by atoms with Gasteiger partial charge in [0.2, 0.25) is 11.6 Å². The number of benzene rings is 7. The van der Waals surface area contributed by atoms with E-state index < -0.39 is 155 Å². The first kappa shape index (κ1) is 53.6. The Hall–Kier alpha value is -6.76. The highest BCUT2D eigenvalue weighted by Crippen LogP contribution is 2.31. The molecule has 370 valence electrons. The number of hydrogen-bond donors (Lipinski definition) is 1. The van der Waals surface area contributed by atoms with Gasteiger partial charge >= 0.3 is 0 Å². The van der Waals surface area contributed by atoms with Crippen LogP contribution in [0.25, 0.3) is 0 Å². The number of thiol groups is 1. The van der Waals surface area contributed by atoms with Crippen LogP contribution >= 0.6 is 12.6 Å². The van der Waals surface area contributed by atoms with Crippen LogP contribution in [0.5, 0.6) is 0 Å². The van der Waals surface area contributed by atoms with Crippen molar-refractivity contribution in [3.8, 4) is 0 Å². The van der Waals surface area contributed by atoms with Crippen LogP contribution in [0, 0.1) is 116 Å². The quantitative estimate of drug-likeness (QED) is 0.0266. The van der Waals surface area contributed by atoms with Gasteiger partial charge in [0, 0.05) is 22.0 Å². The molecule has 7 aromatic rings. The second-order valence-corrected chi connectivity index (χ2v) is 17.1. The van der Waals surface area contributed by atoms with E-state index in [-0.39, 0.29) is 11.6 Å². The van der Waals surface area contributed by atoms with Crippen LogP contribution in [-0.4, -0.2) is 29.2 Å². The zero-order valence-corrected chi connectivity index (χ0v) is 36.0. The Morgan fingerprint density at radius 3 is 0.775 bits per heavy atom. The molecular formula is C46H19BF20O2S2. The third-order valence-corrected chi connectivity index (χ3v) is 13.4. The van der Waals surface area contributed by atoms with Crippen molar-refractivity contribution in [2.24, 2.45) is 0 Å². The molecule has 0 aliphatic carbocycles. The SMILES string of the molecule is Fc1c(F)c(F)c([B-](c2c(F)c(F)c(F)c(F)c2F)(c2c(F)c(F)c(F)c(F)c2F)c2c(F)c(F)c(F)c(F)c2F)c(F)c1F.O=C(C[S+](CC(=O)c1ccccc1)c1ccccc1S)c1ccccc1. The Bertz CT molecular complexity index is 2840. The van der Waals surface area contributed by atoms with Gasteiger partial charge in [0.15, 0.2) is 86.2 Å². The van der Waals surface area contributed by atoms with E-state index in [2.05, 4.69) is 12.6 Å². The first-order chi connectivity index (χ1) is 33.3. The molecule has 0 amide bonds. The van der Waals surface area contributed by atoms with Gasteiger partial charge < -0.3 is 0 Å². The van der Waals surface area contributed by atoms with Crippen molar-refractivity contribution in [3.63, 3.8) is 0 Å². The molecule has 0 bridgehead atoms. The van der Waals surface area contributed by atoms with Gasteiger partial charge in [-0.25, -0.2) is 87.8 Å². The number of hydrogen-bond acceptors (Lipinski definition) is 3. The molecule has 0 spiro atoms. The molecule has 25 heteroatoms. The van der Waals surface area contributed by atoms with E-state index in [1.54, 1.807) is 0 Å². The fraction of sp³-hybridized carbons (Fsp3) is 0.0435. The number of carbonyl (C=O) groups is 2. The molecule has 0 radical (unpaired) electrons. The number of ketones is 2. The lowest BCUT2D eigenvalue weighted by atomic mass is 9.12. The predicted octanol–water partition coefficient (Wildman–Crippen LogP) is 10.6. The molecule has 2 nitrogen and oxygen atoms in total. The fourth-order valence-electron chi connectivity index (χ4n) is 7.51. The van der Waals surface area contributed by atoms with Crippen molar-refractivity contribution in [2.45, 2.75) is 9.79 Å². The van der Waals surface area contributed by atoms with E-state index in [0.717, 1.165) is 9.79 Å². The van der Waals surface area contributed by atoms with Crippen LogP contribution in [0.3, 0.4) is 0 Å². The maximum atomic E-state index is 15.4. The Balaban J connectivity index is 0.000000268. The maximum absolute atomic E-state index is 15.4. The van der Waals surface area contributed by atoms with E-state index in [4.69, 9.17) is 0 Å². The topological polar surface area (TPSA) is 34.1 Å². The van der Waals surface area contributed by atoms with Gasteiger partial charge in [-0.1, -0.05) is 72.8 Å². The average molecular weight is 1060 g/mol. The summed E-state index contributed by atoms with van der Waals surface area (Å²) < 4.78 is 294. The molecule has 0 saturated heterocycles. The minimum absolute atomic E-state index is 0.0476. The average Bonchev–Trinajstić information content (AvgIpc) is 3.36. The van der Waals surface area contributed by atoms with Crippen molar-refractivity contribution in [2.75, 3.05) is 11.5 Å². The smallest absolute Gasteiger partial charge is 0.212 e. The zero-order chi connectivity index (χ0) is 52.7. The standard InChI is InChI=1S/C24BF20.C22H18O2S2/c26-5-1(6(27)14(35)21(42)13(5)34)25(2-7(28)15(36)22(43)16(37)8(2)29,3-9(30)17(38)23(44)18(39)10(3)31)4-11(32)19(40)24(45)20(41)12(4)33;23-19(17-9-3-1-4-10-17)15-26(22-14-8-7-13-21(22)25)16-20(24)18-11-5-2-6-12-18/h;1-14H,15-16H2/q-1;/p+1. The lowest BCUT2D eigenvalue weighted by molar-refractivity contribution is 0.102. The summed E-state index contributed by atoms with van der Waals surface area (Å²) in [6.45, 7) is 0. The second kappa shape index (κ2) is 20.9. The van der Waals surface area contributed by atoms with Crippen LogP contribution < -0.4 is 21.9 Å². The second-order valence-electron chi connectivity index (χ2n) is 14.6. The van der Waals surface area contributed by atoms with Gasteiger partial charge in [0.25, 0.3) is 0 Å².